The third kappa shape index (κ3) is 6.57. The van der Waals surface area contributed by atoms with Gasteiger partial charge in [0, 0.05) is 20.1 Å². The third-order valence-corrected chi connectivity index (χ3v) is 5.04. The van der Waals surface area contributed by atoms with Crippen LogP contribution >= 0.6 is 24.0 Å². The van der Waals surface area contributed by atoms with Crippen molar-refractivity contribution in [3.63, 3.8) is 0 Å². The molecule has 1 fully saturated rings. The quantitative estimate of drug-likeness (QED) is 0.323. The van der Waals surface area contributed by atoms with Gasteiger partial charge in [-0.05, 0) is 37.5 Å². The molecule has 1 aromatic carbocycles. The van der Waals surface area contributed by atoms with E-state index in [4.69, 9.17) is 4.74 Å². The Morgan fingerprint density at radius 3 is 2.47 bits per heavy atom. The minimum atomic E-state index is 0. The number of hydrogen-bond acceptors (Lipinski definition) is 5. The fourth-order valence-electron chi connectivity index (χ4n) is 3.08. The van der Waals surface area contributed by atoms with Crippen LogP contribution in [0.15, 0.2) is 29.3 Å². The van der Waals surface area contributed by atoms with E-state index in [1.54, 1.807) is 7.11 Å². The van der Waals surface area contributed by atoms with E-state index in [0.717, 1.165) is 48.9 Å². The molecule has 2 heterocycles. The third-order valence-electron chi connectivity index (χ3n) is 5.04. The van der Waals surface area contributed by atoms with Crippen LogP contribution in [0.4, 0.5) is 0 Å². The number of aromatic nitrogens is 3. The Balaban J connectivity index is 0.00000320. The fourth-order valence-corrected chi connectivity index (χ4v) is 3.08. The van der Waals surface area contributed by atoms with Crippen LogP contribution in [0, 0.1) is 6.92 Å². The van der Waals surface area contributed by atoms with Crippen molar-refractivity contribution in [2.24, 2.45) is 12.0 Å². The number of benzene rings is 1. The van der Waals surface area contributed by atoms with Gasteiger partial charge in [0.15, 0.2) is 11.8 Å². The van der Waals surface area contributed by atoms with Gasteiger partial charge in [0.05, 0.1) is 26.7 Å². The van der Waals surface area contributed by atoms with Gasteiger partial charge in [0.25, 0.3) is 0 Å². The average molecular weight is 527 g/mol. The van der Waals surface area contributed by atoms with E-state index in [-0.39, 0.29) is 36.4 Å². The van der Waals surface area contributed by atoms with Gasteiger partial charge in [0.2, 0.25) is 5.91 Å². The van der Waals surface area contributed by atoms with E-state index in [0.29, 0.717) is 19.0 Å². The van der Waals surface area contributed by atoms with Gasteiger partial charge in [0.1, 0.15) is 11.6 Å². The molecule has 1 amide bonds. The lowest BCUT2D eigenvalue weighted by molar-refractivity contribution is -0.128. The Morgan fingerprint density at radius 2 is 1.87 bits per heavy atom. The lowest BCUT2D eigenvalue weighted by atomic mass is 10.2. The number of amides is 1. The van der Waals surface area contributed by atoms with E-state index in [2.05, 4.69) is 25.8 Å². The molecule has 1 aliphatic heterocycles. The molecular formula is C20H30IN7O2. The van der Waals surface area contributed by atoms with Gasteiger partial charge < -0.3 is 24.8 Å². The highest BCUT2D eigenvalue weighted by atomic mass is 127. The first-order chi connectivity index (χ1) is 14.1. The second-order valence-corrected chi connectivity index (χ2v) is 7.03. The molecule has 10 heteroatoms. The Labute approximate surface area is 194 Å². The number of halogens is 1. The number of carbonyl (C=O) groups excluding carboxylic acids is 1. The molecule has 0 unspecified atom stereocenters. The van der Waals surface area contributed by atoms with Crippen LogP contribution in [-0.4, -0.2) is 58.3 Å². The standard InChI is InChI=1S/C20H29N7O2.HI/c1-15-24-25-18(26(15)2)13-22-20(23-14-19(28)27-10-4-5-11-27)21-12-16-6-8-17(29-3)9-7-16;/h6-9H,4-5,10-14H2,1-3H3,(H2,21,22,23);1H. The number of aryl methyl sites for hydroxylation is 1. The lowest BCUT2D eigenvalue weighted by Crippen LogP contribution is -2.44. The normalized spacial score (nSPS) is 13.7. The van der Waals surface area contributed by atoms with E-state index >= 15 is 0 Å². The van der Waals surface area contributed by atoms with Gasteiger partial charge in [-0.3, -0.25) is 4.79 Å². The van der Waals surface area contributed by atoms with Crippen LogP contribution in [0.3, 0.4) is 0 Å². The monoisotopic (exact) mass is 527 g/mol. The number of ether oxygens (including phenoxy) is 1. The molecule has 2 aromatic rings. The summed E-state index contributed by atoms with van der Waals surface area (Å²) < 4.78 is 7.11. The van der Waals surface area contributed by atoms with E-state index in [1.165, 1.54) is 0 Å². The predicted molar refractivity (Wildman–Crippen MR) is 126 cm³/mol. The molecule has 1 saturated heterocycles. The fraction of sp³-hybridized carbons (Fsp3) is 0.500. The number of nitrogens with zero attached hydrogens (tertiary/aromatic N) is 5. The summed E-state index contributed by atoms with van der Waals surface area (Å²) in [7, 11) is 3.57. The van der Waals surface area contributed by atoms with Crippen LogP contribution in [0.25, 0.3) is 0 Å². The van der Waals surface area contributed by atoms with Crippen LogP contribution in [0.5, 0.6) is 5.75 Å². The zero-order valence-corrected chi connectivity index (χ0v) is 20.1. The summed E-state index contributed by atoms with van der Waals surface area (Å²) in [5.74, 6) is 3.11. The second-order valence-electron chi connectivity index (χ2n) is 7.03. The van der Waals surface area contributed by atoms with Crippen molar-refractivity contribution in [1.29, 1.82) is 0 Å². The van der Waals surface area contributed by atoms with Gasteiger partial charge in [-0.2, -0.15) is 0 Å². The number of nitrogens with one attached hydrogen (secondary N) is 2. The first-order valence-corrected chi connectivity index (χ1v) is 9.84. The van der Waals surface area contributed by atoms with Crippen LogP contribution in [-0.2, 0) is 24.9 Å². The summed E-state index contributed by atoms with van der Waals surface area (Å²) in [6, 6.07) is 7.76. The largest absolute Gasteiger partial charge is 0.497 e. The molecule has 164 valence electrons. The molecule has 9 nitrogen and oxygen atoms in total. The van der Waals surface area contributed by atoms with Gasteiger partial charge in [-0.25, -0.2) is 4.99 Å². The molecule has 0 spiro atoms. The SMILES string of the molecule is COc1ccc(CN=C(NCC(=O)N2CCCC2)NCc2nnc(C)n2C)cc1.I. The number of likely N-dealkylation sites (tertiary alicyclic amines) is 1. The highest BCUT2D eigenvalue weighted by Gasteiger charge is 2.18. The van der Waals surface area contributed by atoms with Crippen molar-refractivity contribution in [1.82, 2.24) is 30.3 Å². The number of hydrogen-bond donors (Lipinski definition) is 2. The molecule has 0 saturated carbocycles. The van der Waals surface area contributed by atoms with Crippen LogP contribution < -0.4 is 15.4 Å². The smallest absolute Gasteiger partial charge is 0.241 e. The molecule has 1 aromatic heterocycles. The molecule has 0 bridgehead atoms. The molecule has 0 radical (unpaired) electrons. The van der Waals surface area contributed by atoms with Crippen LogP contribution in [0.2, 0.25) is 0 Å². The predicted octanol–water partition coefficient (Wildman–Crippen LogP) is 1.61. The highest BCUT2D eigenvalue weighted by Crippen LogP contribution is 2.12. The van der Waals surface area contributed by atoms with Gasteiger partial charge >= 0.3 is 0 Å². The van der Waals surface area contributed by atoms with E-state index in [1.807, 2.05) is 47.7 Å². The summed E-state index contributed by atoms with van der Waals surface area (Å²) in [5.41, 5.74) is 1.05. The summed E-state index contributed by atoms with van der Waals surface area (Å²) in [6.07, 6.45) is 2.15. The maximum absolute atomic E-state index is 12.4. The van der Waals surface area contributed by atoms with E-state index < -0.39 is 0 Å². The maximum Gasteiger partial charge on any atom is 0.241 e. The Bertz CT molecular complexity index is 845. The average Bonchev–Trinajstić information content (AvgIpc) is 3.39. The molecule has 3 rings (SSSR count). The lowest BCUT2D eigenvalue weighted by Gasteiger charge is -2.17. The van der Waals surface area contributed by atoms with Crippen molar-refractivity contribution in [3.05, 3.63) is 41.5 Å². The van der Waals surface area contributed by atoms with Crippen molar-refractivity contribution >= 4 is 35.8 Å². The Morgan fingerprint density at radius 1 is 1.17 bits per heavy atom. The summed E-state index contributed by atoms with van der Waals surface area (Å²) in [5, 5.41) is 14.6. The minimum absolute atomic E-state index is 0. The van der Waals surface area contributed by atoms with Gasteiger partial charge in [-0.15, -0.1) is 34.2 Å². The zero-order chi connectivity index (χ0) is 20.6. The number of rotatable bonds is 7. The molecule has 0 atom stereocenters. The second kappa shape index (κ2) is 11.7. The van der Waals surface area contributed by atoms with Crippen LogP contribution in [0.1, 0.15) is 30.1 Å². The molecule has 2 N–H and O–H groups in total. The first-order valence-electron chi connectivity index (χ1n) is 9.84. The topological polar surface area (TPSA) is 96.7 Å². The molecule has 30 heavy (non-hydrogen) atoms. The number of methoxy groups -OCH3 is 1. The Kier molecular flexibility index (Phi) is 9.34. The maximum atomic E-state index is 12.4. The molecule has 0 aliphatic carbocycles. The number of carbonyl (C=O) groups is 1. The first kappa shape index (κ1) is 23.9. The van der Waals surface area contributed by atoms with Crippen molar-refractivity contribution in [2.45, 2.75) is 32.9 Å². The highest BCUT2D eigenvalue weighted by molar-refractivity contribution is 14.0. The number of guanidine groups is 1. The van der Waals surface area contributed by atoms with Crippen molar-refractivity contribution < 1.29 is 9.53 Å². The summed E-state index contributed by atoms with van der Waals surface area (Å²) in [4.78, 5) is 18.9. The number of aliphatic imine (C=N–C) groups is 1. The van der Waals surface area contributed by atoms with Gasteiger partial charge in [-0.1, -0.05) is 12.1 Å². The minimum Gasteiger partial charge on any atom is -0.497 e. The summed E-state index contributed by atoms with van der Waals surface area (Å²) >= 11 is 0. The van der Waals surface area contributed by atoms with E-state index in [9.17, 15) is 4.79 Å². The molecule has 1 aliphatic rings. The van der Waals surface area contributed by atoms with Crippen molar-refractivity contribution in [2.75, 3.05) is 26.7 Å². The van der Waals surface area contributed by atoms with Crippen molar-refractivity contribution in [3.8, 4) is 5.75 Å². The Hall–Kier alpha value is -2.37. The zero-order valence-electron chi connectivity index (χ0n) is 17.7. The molecular weight excluding hydrogens is 497 g/mol. The summed E-state index contributed by atoms with van der Waals surface area (Å²) in [6.45, 7) is 4.74.